The lowest BCUT2D eigenvalue weighted by molar-refractivity contribution is -0.137. The van der Waals surface area contributed by atoms with Crippen LogP contribution in [0.3, 0.4) is 0 Å². The fraction of sp³-hybridized carbons (Fsp3) is 0.500. The Morgan fingerprint density at radius 3 is 2.74 bits per heavy atom. The van der Waals surface area contributed by atoms with Crippen LogP contribution in [0.2, 0.25) is 0 Å². The van der Waals surface area contributed by atoms with Crippen molar-refractivity contribution in [1.29, 1.82) is 0 Å². The summed E-state index contributed by atoms with van der Waals surface area (Å²) in [7, 11) is 0. The lowest BCUT2D eigenvalue weighted by atomic mass is 10.2. The summed E-state index contributed by atoms with van der Waals surface area (Å²) < 4.78 is 5.39. The molecule has 0 amide bonds. The summed E-state index contributed by atoms with van der Waals surface area (Å²) >= 11 is 0. The molecule has 0 bridgehead atoms. The number of nitrogens with one attached hydrogen (secondary N) is 1. The van der Waals surface area contributed by atoms with Gasteiger partial charge in [0.25, 0.3) is 0 Å². The second-order valence-corrected chi connectivity index (χ2v) is 4.36. The van der Waals surface area contributed by atoms with E-state index in [9.17, 15) is 9.90 Å². The molecule has 0 heterocycles. The van der Waals surface area contributed by atoms with E-state index in [1.54, 1.807) is 0 Å². The Balaban J connectivity index is 1.99. The fourth-order valence-electron chi connectivity index (χ4n) is 1.58. The lowest BCUT2D eigenvalue weighted by Gasteiger charge is -2.12. The van der Waals surface area contributed by atoms with Crippen molar-refractivity contribution in [2.45, 2.75) is 25.6 Å². The van der Waals surface area contributed by atoms with Crippen molar-refractivity contribution >= 4 is 5.97 Å². The van der Waals surface area contributed by atoms with E-state index in [0.717, 1.165) is 5.56 Å². The molecule has 0 radical (unpaired) electrons. The van der Waals surface area contributed by atoms with Crippen LogP contribution in [0.4, 0.5) is 0 Å². The average molecular weight is 267 g/mol. The molecule has 3 N–H and O–H groups in total. The Bertz CT molecular complexity index is 356. The number of aliphatic hydroxyl groups is 1. The Labute approximate surface area is 113 Å². The van der Waals surface area contributed by atoms with Gasteiger partial charge in [0.15, 0.2) is 0 Å². The van der Waals surface area contributed by atoms with Gasteiger partial charge in [0.05, 0.1) is 19.3 Å². The van der Waals surface area contributed by atoms with Crippen molar-refractivity contribution in [2.24, 2.45) is 0 Å². The number of carboxylic acid groups (broad SMARTS) is 1. The molecule has 1 unspecified atom stereocenters. The maximum atomic E-state index is 10.3. The summed E-state index contributed by atoms with van der Waals surface area (Å²) in [6.07, 6.45) is 0.133. The first-order valence-electron chi connectivity index (χ1n) is 6.40. The second-order valence-electron chi connectivity index (χ2n) is 4.36. The van der Waals surface area contributed by atoms with Crippen LogP contribution < -0.4 is 5.32 Å². The van der Waals surface area contributed by atoms with E-state index in [1.165, 1.54) is 0 Å². The van der Waals surface area contributed by atoms with E-state index in [0.29, 0.717) is 26.1 Å². The monoisotopic (exact) mass is 267 g/mol. The summed E-state index contributed by atoms with van der Waals surface area (Å²) in [5, 5.41) is 21.1. The molecule has 0 aliphatic rings. The highest BCUT2D eigenvalue weighted by atomic mass is 16.5. The van der Waals surface area contributed by atoms with Gasteiger partial charge in [-0.2, -0.15) is 0 Å². The van der Waals surface area contributed by atoms with Crippen molar-refractivity contribution < 1.29 is 19.7 Å². The van der Waals surface area contributed by atoms with Crippen molar-refractivity contribution in [2.75, 3.05) is 19.7 Å². The van der Waals surface area contributed by atoms with Crippen molar-refractivity contribution in [3.63, 3.8) is 0 Å². The minimum atomic E-state index is -0.798. The molecule has 1 aromatic rings. The molecule has 0 saturated heterocycles. The van der Waals surface area contributed by atoms with E-state index < -0.39 is 12.1 Å². The third kappa shape index (κ3) is 8.31. The molecule has 0 aliphatic carbocycles. The fourth-order valence-corrected chi connectivity index (χ4v) is 1.58. The Morgan fingerprint density at radius 2 is 2.05 bits per heavy atom. The first-order valence-corrected chi connectivity index (χ1v) is 6.40. The SMILES string of the molecule is O=C(O)CCCNCC(O)COCc1ccccc1. The highest BCUT2D eigenvalue weighted by molar-refractivity contribution is 5.66. The quantitative estimate of drug-likeness (QED) is 0.552. The van der Waals surface area contributed by atoms with Gasteiger partial charge in [0, 0.05) is 13.0 Å². The topological polar surface area (TPSA) is 78.8 Å². The largest absolute Gasteiger partial charge is 0.481 e. The molecule has 0 aliphatic heterocycles. The molecule has 0 spiro atoms. The van der Waals surface area contributed by atoms with Gasteiger partial charge in [-0.25, -0.2) is 0 Å². The summed E-state index contributed by atoms with van der Waals surface area (Å²) in [5.41, 5.74) is 1.07. The third-order valence-corrected chi connectivity index (χ3v) is 2.55. The van der Waals surface area contributed by atoms with Crippen LogP contribution in [0.1, 0.15) is 18.4 Å². The third-order valence-electron chi connectivity index (χ3n) is 2.55. The molecule has 106 valence electrons. The van der Waals surface area contributed by atoms with Crippen LogP contribution in [-0.4, -0.2) is 42.0 Å². The average Bonchev–Trinajstić information content (AvgIpc) is 2.39. The molecule has 5 nitrogen and oxygen atoms in total. The van der Waals surface area contributed by atoms with Gasteiger partial charge in [-0.1, -0.05) is 30.3 Å². The van der Waals surface area contributed by atoms with Crippen molar-refractivity contribution in [1.82, 2.24) is 5.32 Å². The molecule has 1 rings (SSSR count). The molecule has 0 aromatic heterocycles. The van der Waals surface area contributed by atoms with Crippen LogP contribution in [0.25, 0.3) is 0 Å². The second kappa shape index (κ2) is 9.49. The normalized spacial score (nSPS) is 12.3. The van der Waals surface area contributed by atoms with E-state index in [4.69, 9.17) is 9.84 Å². The number of hydrogen-bond donors (Lipinski definition) is 3. The Morgan fingerprint density at radius 1 is 1.32 bits per heavy atom. The summed E-state index contributed by atoms with van der Waals surface area (Å²) in [4.78, 5) is 10.3. The van der Waals surface area contributed by atoms with Crippen LogP contribution in [0, 0.1) is 0 Å². The molecule has 19 heavy (non-hydrogen) atoms. The van der Waals surface area contributed by atoms with E-state index in [-0.39, 0.29) is 13.0 Å². The molecular formula is C14H21NO4. The predicted octanol–water partition coefficient (Wildman–Crippen LogP) is 1.02. The van der Waals surface area contributed by atoms with Gasteiger partial charge in [0.2, 0.25) is 0 Å². The summed E-state index contributed by atoms with van der Waals surface area (Å²) in [6.45, 7) is 1.74. The molecule has 0 saturated carbocycles. The zero-order valence-corrected chi connectivity index (χ0v) is 10.9. The Hall–Kier alpha value is -1.43. The molecule has 0 fully saturated rings. The standard InChI is InChI=1S/C14H21NO4/c16-13(9-15-8-4-7-14(17)18)11-19-10-12-5-2-1-3-6-12/h1-3,5-6,13,15-16H,4,7-11H2,(H,17,18). The smallest absolute Gasteiger partial charge is 0.303 e. The summed E-state index contributed by atoms with van der Waals surface area (Å²) in [6, 6.07) is 9.77. The van der Waals surface area contributed by atoms with Gasteiger partial charge in [-0.15, -0.1) is 0 Å². The summed E-state index contributed by atoms with van der Waals surface area (Å²) in [5.74, 6) is -0.798. The number of hydrogen-bond acceptors (Lipinski definition) is 4. The maximum Gasteiger partial charge on any atom is 0.303 e. The van der Waals surface area contributed by atoms with Gasteiger partial charge in [0.1, 0.15) is 0 Å². The van der Waals surface area contributed by atoms with Gasteiger partial charge in [-0.3, -0.25) is 4.79 Å². The highest BCUT2D eigenvalue weighted by Crippen LogP contribution is 2.00. The minimum absolute atomic E-state index is 0.146. The highest BCUT2D eigenvalue weighted by Gasteiger charge is 2.04. The van der Waals surface area contributed by atoms with Crippen molar-refractivity contribution in [3.05, 3.63) is 35.9 Å². The van der Waals surface area contributed by atoms with Crippen LogP contribution in [0.5, 0.6) is 0 Å². The number of aliphatic hydroxyl groups excluding tert-OH is 1. The van der Waals surface area contributed by atoms with Crippen molar-refractivity contribution in [3.8, 4) is 0 Å². The molecule has 5 heteroatoms. The number of carbonyl (C=O) groups is 1. The zero-order chi connectivity index (χ0) is 13.9. The molecule has 1 atom stereocenters. The van der Waals surface area contributed by atoms with Crippen LogP contribution in [-0.2, 0) is 16.1 Å². The van der Waals surface area contributed by atoms with Gasteiger partial charge < -0.3 is 20.3 Å². The van der Waals surface area contributed by atoms with E-state index in [2.05, 4.69) is 5.32 Å². The number of rotatable bonds is 10. The van der Waals surface area contributed by atoms with Crippen LogP contribution in [0.15, 0.2) is 30.3 Å². The molecule has 1 aromatic carbocycles. The van der Waals surface area contributed by atoms with E-state index in [1.807, 2.05) is 30.3 Å². The minimum Gasteiger partial charge on any atom is -0.481 e. The first kappa shape index (κ1) is 15.6. The van der Waals surface area contributed by atoms with Crippen LogP contribution >= 0.6 is 0 Å². The maximum absolute atomic E-state index is 10.3. The van der Waals surface area contributed by atoms with Gasteiger partial charge in [-0.05, 0) is 18.5 Å². The number of benzene rings is 1. The number of aliphatic carboxylic acids is 1. The lowest BCUT2D eigenvalue weighted by Crippen LogP contribution is -2.31. The first-order chi connectivity index (χ1) is 9.18. The molecular weight excluding hydrogens is 246 g/mol. The van der Waals surface area contributed by atoms with Gasteiger partial charge >= 0.3 is 5.97 Å². The predicted molar refractivity (Wildman–Crippen MR) is 71.8 cm³/mol. The number of ether oxygens (including phenoxy) is 1. The zero-order valence-electron chi connectivity index (χ0n) is 10.9. The Kier molecular flexibility index (Phi) is 7.81. The number of carboxylic acids is 1. The van der Waals surface area contributed by atoms with E-state index >= 15 is 0 Å².